The highest BCUT2D eigenvalue weighted by Crippen LogP contribution is 2.33. The summed E-state index contributed by atoms with van der Waals surface area (Å²) in [6.45, 7) is 3.45. The smallest absolute Gasteiger partial charge is 0.395 e. The van der Waals surface area contributed by atoms with Crippen LogP contribution in [0.1, 0.15) is 46.1 Å². The normalized spacial score (nSPS) is 14.5. The predicted octanol–water partition coefficient (Wildman–Crippen LogP) is 5.02. The number of halogens is 3. The molecule has 1 aliphatic rings. The molecule has 1 amide bonds. The number of aliphatic hydroxyl groups excluding tert-OH is 1. The standard InChI is InChI=1S/C26H27F3N4O3/c1-16-22(19-12-23(17-5-9-36-10-6-17)33-24(13-19)30-7-8-34)14-21(15-31-16)32-25(35)18-3-2-4-20(11-18)26(27,28)29/h2-4,11-15,17,34H,5-10H2,1H3,(H,30,33)(H,32,35). The Kier molecular flexibility index (Phi) is 7.85. The molecule has 3 N–H and O–H groups in total. The number of hydrogen-bond donors (Lipinski definition) is 3. The van der Waals surface area contributed by atoms with Crippen LogP contribution in [0.3, 0.4) is 0 Å². The zero-order valence-corrected chi connectivity index (χ0v) is 19.7. The summed E-state index contributed by atoms with van der Waals surface area (Å²) in [6.07, 6.45) is -1.38. The van der Waals surface area contributed by atoms with Crippen molar-refractivity contribution in [3.63, 3.8) is 0 Å². The summed E-state index contributed by atoms with van der Waals surface area (Å²) in [5.74, 6) is 0.173. The highest BCUT2D eigenvalue weighted by Gasteiger charge is 2.31. The van der Waals surface area contributed by atoms with E-state index < -0.39 is 17.6 Å². The van der Waals surface area contributed by atoms with Crippen LogP contribution < -0.4 is 10.6 Å². The molecule has 2 aromatic heterocycles. The molecule has 1 aliphatic heterocycles. The zero-order chi connectivity index (χ0) is 25.7. The number of aromatic nitrogens is 2. The van der Waals surface area contributed by atoms with E-state index in [0.29, 0.717) is 37.0 Å². The lowest BCUT2D eigenvalue weighted by Crippen LogP contribution is -2.16. The van der Waals surface area contributed by atoms with Gasteiger partial charge in [-0.15, -0.1) is 0 Å². The number of pyridine rings is 2. The van der Waals surface area contributed by atoms with Crippen molar-refractivity contribution in [2.45, 2.75) is 31.9 Å². The number of benzene rings is 1. The minimum Gasteiger partial charge on any atom is -0.395 e. The molecular weight excluding hydrogens is 473 g/mol. The number of rotatable bonds is 7. The molecule has 3 heterocycles. The van der Waals surface area contributed by atoms with E-state index in [1.54, 1.807) is 6.07 Å². The van der Waals surface area contributed by atoms with Crippen LogP contribution in [0, 0.1) is 6.92 Å². The largest absolute Gasteiger partial charge is 0.416 e. The molecule has 1 fully saturated rings. The Hall–Kier alpha value is -3.50. The number of alkyl halides is 3. The molecule has 0 unspecified atom stereocenters. The molecule has 1 aromatic carbocycles. The van der Waals surface area contributed by atoms with Crippen molar-refractivity contribution in [1.82, 2.24) is 9.97 Å². The van der Waals surface area contributed by atoms with Crippen LogP contribution in [-0.4, -0.2) is 47.3 Å². The number of aliphatic hydroxyl groups is 1. The van der Waals surface area contributed by atoms with E-state index >= 15 is 0 Å². The second-order valence-corrected chi connectivity index (χ2v) is 8.59. The number of anilines is 2. The first-order valence-corrected chi connectivity index (χ1v) is 11.6. The molecule has 1 saturated heterocycles. The Morgan fingerprint density at radius 3 is 2.67 bits per heavy atom. The number of ether oxygens (including phenoxy) is 1. The first-order chi connectivity index (χ1) is 17.2. The maximum absolute atomic E-state index is 13.0. The number of nitrogens with zero attached hydrogens (tertiary/aromatic N) is 2. The molecule has 0 spiro atoms. The Labute approximate surface area is 206 Å². The topological polar surface area (TPSA) is 96.4 Å². The Morgan fingerprint density at radius 1 is 1.17 bits per heavy atom. The minimum absolute atomic E-state index is 0.0455. The van der Waals surface area contributed by atoms with E-state index in [2.05, 4.69) is 15.6 Å². The third-order valence-electron chi connectivity index (χ3n) is 6.01. The van der Waals surface area contributed by atoms with E-state index in [-0.39, 0.29) is 18.1 Å². The van der Waals surface area contributed by atoms with Crippen molar-refractivity contribution >= 4 is 17.4 Å². The van der Waals surface area contributed by atoms with Gasteiger partial charge in [-0.3, -0.25) is 9.78 Å². The average Bonchev–Trinajstić information content (AvgIpc) is 2.88. The predicted molar refractivity (Wildman–Crippen MR) is 130 cm³/mol. The van der Waals surface area contributed by atoms with E-state index in [4.69, 9.17) is 9.72 Å². The van der Waals surface area contributed by atoms with Gasteiger partial charge in [-0.25, -0.2) is 4.98 Å². The first kappa shape index (κ1) is 25.6. The third-order valence-corrected chi connectivity index (χ3v) is 6.01. The summed E-state index contributed by atoms with van der Waals surface area (Å²) in [5.41, 5.74) is 2.55. The number of nitrogens with one attached hydrogen (secondary N) is 2. The van der Waals surface area contributed by atoms with Gasteiger partial charge in [-0.05, 0) is 61.7 Å². The number of aryl methyl sites for hydroxylation is 1. The van der Waals surface area contributed by atoms with Crippen LogP contribution in [0.5, 0.6) is 0 Å². The Morgan fingerprint density at radius 2 is 1.94 bits per heavy atom. The van der Waals surface area contributed by atoms with Gasteiger partial charge in [0, 0.05) is 48.2 Å². The number of carbonyl (C=O) groups excluding carboxylic acids is 1. The van der Waals surface area contributed by atoms with Gasteiger partial charge in [0.25, 0.3) is 5.91 Å². The molecule has 0 aliphatic carbocycles. The highest BCUT2D eigenvalue weighted by molar-refractivity contribution is 6.04. The fourth-order valence-electron chi connectivity index (χ4n) is 4.12. The fourth-order valence-corrected chi connectivity index (χ4v) is 4.12. The van der Waals surface area contributed by atoms with Crippen LogP contribution in [0.2, 0.25) is 0 Å². The van der Waals surface area contributed by atoms with Crippen molar-refractivity contribution in [1.29, 1.82) is 0 Å². The van der Waals surface area contributed by atoms with Crippen LogP contribution in [0.15, 0.2) is 48.7 Å². The maximum Gasteiger partial charge on any atom is 0.416 e. The van der Waals surface area contributed by atoms with Gasteiger partial charge >= 0.3 is 6.18 Å². The van der Waals surface area contributed by atoms with Gasteiger partial charge in [-0.1, -0.05) is 6.07 Å². The molecular formula is C26H27F3N4O3. The van der Waals surface area contributed by atoms with E-state index in [1.807, 2.05) is 19.1 Å². The van der Waals surface area contributed by atoms with E-state index in [9.17, 15) is 23.1 Å². The van der Waals surface area contributed by atoms with Crippen LogP contribution in [0.25, 0.3) is 11.1 Å². The quantitative estimate of drug-likeness (QED) is 0.422. The van der Waals surface area contributed by atoms with Gasteiger partial charge in [0.15, 0.2) is 0 Å². The molecule has 190 valence electrons. The fraction of sp³-hybridized carbons (Fsp3) is 0.346. The van der Waals surface area contributed by atoms with Crippen LogP contribution in [-0.2, 0) is 10.9 Å². The van der Waals surface area contributed by atoms with Gasteiger partial charge in [0.1, 0.15) is 5.82 Å². The molecule has 0 radical (unpaired) electrons. The average molecular weight is 501 g/mol. The van der Waals surface area contributed by atoms with Crippen LogP contribution in [0.4, 0.5) is 24.7 Å². The molecule has 0 bridgehead atoms. The van der Waals surface area contributed by atoms with Gasteiger partial charge < -0.3 is 20.5 Å². The third kappa shape index (κ3) is 6.19. The SMILES string of the molecule is Cc1ncc(NC(=O)c2cccc(C(F)(F)F)c2)cc1-c1cc(NCCO)nc(C2CCOCC2)c1. The summed E-state index contributed by atoms with van der Waals surface area (Å²) in [6, 6.07) is 9.85. The summed E-state index contributed by atoms with van der Waals surface area (Å²) in [4.78, 5) is 21.8. The van der Waals surface area contributed by atoms with Gasteiger partial charge in [0.05, 0.1) is 24.1 Å². The lowest BCUT2D eigenvalue weighted by Gasteiger charge is -2.23. The second-order valence-electron chi connectivity index (χ2n) is 8.59. The lowest BCUT2D eigenvalue weighted by atomic mass is 9.93. The maximum atomic E-state index is 13.0. The van der Waals surface area contributed by atoms with Crippen molar-refractivity contribution in [3.05, 3.63) is 71.2 Å². The molecule has 4 rings (SSSR count). The zero-order valence-electron chi connectivity index (χ0n) is 19.7. The Balaban J connectivity index is 1.64. The molecule has 10 heteroatoms. The Bertz CT molecular complexity index is 1230. The van der Waals surface area contributed by atoms with Crippen molar-refractivity contribution < 1.29 is 27.8 Å². The molecule has 0 atom stereocenters. The summed E-state index contributed by atoms with van der Waals surface area (Å²) >= 11 is 0. The second kappa shape index (κ2) is 11.0. The molecule has 7 nitrogen and oxygen atoms in total. The number of amides is 1. The lowest BCUT2D eigenvalue weighted by molar-refractivity contribution is -0.137. The molecule has 3 aromatic rings. The van der Waals surface area contributed by atoms with Crippen LogP contribution >= 0.6 is 0 Å². The number of hydrogen-bond acceptors (Lipinski definition) is 6. The van der Waals surface area contributed by atoms with E-state index in [0.717, 1.165) is 41.8 Å². The molecule has 0 saturated carbocycles. The van der Waals surface area contributed by atoms with Crippen molar-refractivity contribution in [2.75, 3.05) is 37.0 Å². The van der Waals surface area contributed by atoms with Crippen molar-refractivity contribution in [3.8, 4) is 11.1 Å². The summed E-state index contributed by atoms with van der Waals surface area (Å²) in [5, 5.41) is 15.0. The van der Waals surface area contributed by atoms with Crippen molar-refractivity contribution in [2.24, 2.45) is 0 Å². The first-order valence-electron chi connectivity index (χ1n) is 11.6. The minimum atomic E-state index is -4.54. The number of carbonyl (C=O) groups is 1. The van der Waals surface area contributed by atoms with Gasteiger partial charge in [0.2, 0.25) is 0 Å². The molecule has 36 heavy (non-hydrogen) atoms. The summed E-state index contributed by atoms with van der Waals surface area (Å²) < 4.78 is 44.6. The monoisotopic (exact) mass is 500 g/mol. The highest BCUT2D eigenvalue weighted by atomic mass is 19.4. The van der Waals surface area contributed by atoms with E-state index in [1.165, 1.54) is 18.3 Å². The summed E-state index contributed by atoms with van der Waals surface area (Å²) in [7, 11) is 0. The van der Waals surface area contributed by atoms with Gasteiger partial charge in [-0.2, -0.15) is 13.2 Å².